The van der Waals surface area contributed by atoms with E-state index in [2.05, 4.69) is 19.1 Å². The summed E-state index contributed by atoms with van der Waals surface area (Å²) in [6, 6.07) is 7.78. The molecule has 0 unspecified atom stereocenters. The van der Waals surface area contributed by atoms with E-state index in [-0.39, 0.29) is 21.1 Å². The molecule has 2 heteroatoms. The first-order valence-corrected chi connectivity index (χ1v) is 11.5. The van der Waals surface area contributed by atoms with Crippen molar-refractivity contribution in [3.8, 4) is 5.75 Å². The second-order valence-electron chi connectivity index (χ2n) is 8.01. The number of benzene rings is 1. The van der Waals surface area contributed by atoms with Crippen molar-refractivity contribution in [3.63, 3.8) is 0 Å². The number of phenols is 1. The Morgan fingerprint density at radius 2 is 1.19 bits per heavy atom. The molecule has 3 rings (SSSR count). The molecule has 156 valence electrons. The molecule has 0 aromatic heterocycles. The van der Waals surface area contributed by atoms with Crippen LogP contribution in [0.1, 0.15) is 98.0 Å². The molecule has 1 nitrogen and oxygen atoms in total. The van der Waals surface area contributed by atoms with Crippen LogP contribution in [0.2, 0.25) is 0 Å². The SMILES string of the molecule is CC.CC.CC1CCC(C2CCC(CCc3ccc(O)cc3)CC2)CC1.[W]. The molecule has 1 N–H and O–H groups in total. The fourth-order valence-electron chi connectivity index (χ4n) is 4.74. The second kappa shape index (κ2) is 15.6. The van der Waals surface area contributed by atoms with Crippen LogP contribution in [-0.2, 0) is 27.5 Å². The van der Waals surface area contributed by atoms with E-state index in [1.54, 1.807) is 0 Å². The van der Waals surface area contributed by atoms with Gasteiger partial charge in [0.1, 0.15) is 5.75 Å². The van der Waals surface area contributed by atoms with E-state index in [1.165, 1.54) is 69.8 Å². The molecule has 2 aliphatic carbocycles. The van der Waals surface area contributed by atoms with E-state index < -0.39 is 0 Å². The maximum absolute atomic E-state index is 9.34. The first-order valence-electron chi connectivity index (χ1n) is 11.5. The van der Waals surface area contributed by atoms with Crippen LogP contribution < -0.4 is 0 Å². The van der Waals surface area contributed by atoms with Crippen LogP contribution >= 0.6 is 0 Å². The molecule has 2 aliphatic rings. The minimum atomic E-state index is 0. The van der Waals surface area contributed by atoms with Gasteiger partial charge in [-0.15, -0.1) is 0 Å². The molecule has 0 amide bonds. The van der Waals surface area contributed by atoms with Crippen LogP contribution in [0, 0.1) is 23.7 Å². The van der Waals surface area contributed by atoms with Gasteiger partial charge in [-0.25, -0.2) is 0 Å². The van der Waals surface area contributed by atoms with Crippen LogP contribution in [-0.4, -0.2) is 5.11 Å². The average Bonchev–Trinajstić information content (AvgIpc) is 2.72. The zero-order valence-electron chi connectivity index (χ0n) is 18.5. The Labute approximate surface area is 184 Å². The maximum atomic E-state index is 9.34. The van der Waals surface area contributed by atoms with Gasteiger partial charge >= 0.3 is 0 Å². The summed E-state index contributed by atoms with van der Waals surface area (Å²) in [5.41, 5.74) is 1.38. The fourth-order valence-corrected chi connectivity index (χ4v) is 4.74. The van der Waals surface area contributed by atoms with Crippen molar-refractivity contribution in [2.75, 3.05) is 0 Å². The Morgan fingerprint density at radius 3 is 1.67 bits per heavy atom. The summed E-state index contributed by atoms with van der Waals surface area (Å²) in [4.78, 5) is 0. The van der Waals surface area contributed by atoms with Crippen LogP contribution in [0.3, 0.4) is 0 Å². The smallest absolute Gasteiger partial charge is 0.115 e. The summed E-state index contributed by atoms with van der Waals surface area (Å²) in [6.07, 6.45) is 14.4. The van der Waals surface area contributed by atoms with Crippen molar-refractivity contribution in [3.05, 3.63) is 29.8 Å². The predicted octanol–water partition coefficient (Wildman–Crippen LogP) is 8.01. The average molecular weight is 544 g/mol. The van der Waals surface area contributed by atoms with Gasteiger partial charge in [-0.05, 0) is 79.9 Å². The van der Waals surface area contributed by atoms with Crippen molar-refractivity contribution in [1.82, 2.24) is 0 Å². The van der Waals surface area contributed by atoms with Crippen molar-refractivity contribution in [2.45, 2.75) is 98.8 Å². The molecule has 1 aromatic rings. The van der Waals surface area contributed by atoms with Crippen LogP contribution in [0.25, 0.3) is 0 Å². The molecule has 27 heavy (non-hydrogen) atoms. The summed E-state index contributed by atoms with van der Waals surface area (Å²) >= 11 is 0. The van der Waals surface area contributed by atoms with Gasteiger partial charge in [-0.2, -0.15) is 0 Å². The molecule has 1 aromatic carbocycles. The van der Waals surface area contributed by atoms with Gasteiger partial charge in [0.05, 0.1) is 0 Å². The zero-order valence-corrected chi connectivity index (χ0v) is 21.5. The Bertz CT molecular complexity index is 440. The van der Waals surface area contributed by atoms with Gasteiger partial charge in [0.2, 0.25) is 0 Å². The van der Waals surface area contributed by atoms with Gasteiger partial charge < -0.3 is 5.11 Å². The molecule has 0 aliphatic heterocycles. The largest absolute Gasteiger partial charge is 0.508 e. The molecule has 0 heterocycles. The summed E-state index contributed by atoms with van der Waals surface area (Å²) in [5, 5.41) is 9.34. The number of aromatic hydroxyl groups is 1. The van der Waals surface area contributed by atoms with E-state index in [1.807, 2.05) is 39.8 Å². The standard InChI is InChI=1S/C21H32O.2C2H6.W/c1-16-2-10-19(11-3-16)20-12-6-17(7-13-20)4-5-18-8-14-21(22)15-9-18;2*1-2;/h8-9,14-17,19-20,22H,2-7,10-13H2,1H3;2*1-2H3;. The summed E-state index contributed by atoms with van der Waals surface area (Å²) in [7, 11) is 0. The third-order valence-corrected chi connectivity index (χ3v) is 6.40. The number of phenolic OH excluding ortho intramolecular Hbond substituents is 1. The van der Waals surface area contributed by atoms with Gasteiger partial charge in [0, 0.05) is 21.1 Å². The number of hydrogen-bond donors (Lipinski definition) is 1. The van der Waals surface area contributed by atoms with Crippen LogP contribution in [0.4, 0.5) is 0 Å². The monoisotopic (exact) mass is 544 g/mol. The van der Waals surface area contributed by atoms with Gasteiger partial charge in [-0.3, -0.25) is 0 Å². The maximum Gasteiger partial charge on any atom is 0.115 e. The van der Waals surface area contributed by atoms with Gasteiger partial charge in [-0.1, -0.05) is 72.4 Å². The minimum absolute atomic E-state index is 0. The van der Waals surface area contributed by atoms with Crippen molar-refractivity contribution >= 4 is 0 Å². The zero-order chi connectivity index (χ0) is 19.4. The van der Waals surface area contributed by atoms with Crippen molar-refractivity contribution in [2.24, 2.45) is 23.7 Å². The third-order valence-electron chi connectivity index (χ3n) is 6.40. The molecule has 0 atom stereocenters. The Hall–Kier alpha value is -0.292. The van der Waals surface area contributed by atoms with Crippen molar-refractivity contribution in [1.29, 1.82) is 0 Å². The quantitative estimate of drug-likeness (QED) is 0.407. The molecule has 2 saturated carbocycles. The first-order chi connectivity index (χ1) is 12.7. The fraction of sp³-hybridized carbons (Fsp3) is 0.760. The van der Waals surface area contributed by atoms with Crippen molar-refractivity contribution < 1.29 is 26.2 Å². The Kier molecular flexibility index (Phi) is 15.4. The Balaban J connectivity index is 0.00000127. The number of aryl methyl sites for hydroxylation is 1. The van der Waals surface area contributed by atoms with E-state index >= 15 is 0 Å². The third kappa shape index (κ3) is 9.64. The normalized spacial score (nSPS) is 27.1. The molecule has 2 fully saturated rings. The topological polar surface area (TPSA) is 20.2 Å². The van der Waals surface area contributed by atoms with Crippen LogP contribution in [0.5, 0.6) is 5.75 Å². The Morgan fingerprint density at radius 1 is 0.741 bits per heavy atom. The van der Waals surface area contributed by atoms with E-state index in [0.717, 1.165) is 23.7 Å². The second-order valence-corrected chi connectivity index (χ2v) is 8.01. The molecule has 0 spiro atoms. The van der Waals surface area contributed by atoms with Crippen LogP contribution in [0.15, 0.2) is 24.3 Å². The van der Waals surface area contributed by atoms with E-state index in [9.17, 15) is 5.11 Å². The molecular formula is C25H44OW. The summed E-state index contributed by atoms with van der Waals surface area (Å²) in [5.74, 6) is 4.39. The molecule has 0 bridgehead atoms. The molecule has 0 saturated heterocycles. The summed E-state index contributed by atoms with van der Waals surface area (Å²) in [6.45, 7) is 10.4. The molecule has 0 radical (unpaired) electrons. The van der Waals surface area contributed by atoms with Gasteiger partial charge in [0.15, 0.2) is 0 Å². The first kappa shape index (κ1) is 26.7. The summed E-state index contributed by atoms with van der Waals surface area (Å²) < 4.78 is 0. The number of rotatable bonds is 4. The van der Waals surface area contributed by atoms with E-state index in [4.69, 9.17) is 0 Å². The number of hydrogen-bond acceptors (Lipinski definition) is 1. The van der Waals surface area contributed by atoms with Gasteiger partial charge in [0.25, 0.3) is 0 Å². The molecular weight excluding hydrogens is 500 g/mol. The minimum Gasteiger partial charge on any atom is -0.508 e. The predicted molar refractivity (Wildman–Crippen MR) is 116 cm³/mol. The van der Waals surface area contributed by atoms with E-state index in [0.29, 0.717) is 5.75 Å².